The topological polar surface area (TPSA) is 99.1 Å². The lowest BCUT2D eigenvalue weighted by Crippen LogP contribution is -2.48. The summed E-state index contributed by atoms with van der Waals surface area (Å²) in [5, 5.41) is 10.3. The summed E-state index contributed by atoms with van der Waals surface area (Å²) in [4.78, 5) is 36.3. The van der Waals surface area contributed by atoms with Crippen LogP contribution in [-0.4, -0.2) is 28.6 Å². The second-order valence-electron chi connectivity index (χ2n) is 5.45. The predicted octanol–water partition coefficient (Wildman–Crippen LogP) is 1.05. The molecule has 0 spiro atoms. The fourth-order valence-electron chi connectivity index (χ4n) is 2.76. The van der Waals surface area contributed by atoms with E-state index in [0.717, 1.165) is 0 Å². The standard InChI is InChI=1S/C16H10O7/c17-10-6-16(20)7-11(18)22-13-9-5-3-1-2-4-8(9)12(21-10)14(13)23-15(16)19/h1-5,20H,6-7H2. The summed E-state index contributed by atoms with van der Waals surface area (Å²) in [7, 11) is 0. The zero-order valence-corrected chi connectivity index (χ0v) is 11.7. The molecule has 7 heteroatoms. The van der Waals surface area contributed by atoms with Crippen LogP contribution in [0.2, 0.25) is 0 Å². The molecule has 4 rings (SSSR count). The Hall–Kier alpha value is -2.93. The van der Waals surface area contributed by atoms with Gasteiger partial charge in [-0.25, -0.2) is 4.79 Å². The number of carbonyl (C=O) groups excluding carboxylic acids is 3. The molecular weight excluding hydrogens is 304 g/mol. The number of fused-ring (bicyclic) bond motifs is 5. The molecule has 4 aliphatic rings. The predicted molar refractivity (Wildman–Crippen MR) is 74.2 cm³/mol. The second kappa shape index (κ2) is 4.53. The van der Waals surface area contributed by atoms with Gasteiger partial charge in [0, 0.05) is 11.1 Å². The van der Waals surface area contributed by atoms with E-state index in [-0.39, 0.29) is 17.2 Å². The van der Waals surface area contributed by atoms with E-state index in [1.807, 2.05) is 0 Å². The summed E-state index contributed by atoms with van der Waals surface area (Å²) < 4.78 is 15.7. The van der Waals surface area contributed by atoms with E-state index in [9.17, 15) is 19.5 Å². The van der Waals surface area contributed by atoms with Gasteiger partial charge >= 0.3 is 17.9 Å². The largest absolute Gasteiger partial charge is 0.422 e. The minimum absolute atomic E-state index is 0.00120. The first-order valence-corrected chi connectivity index (χ1v) is 6.89. The van der Waals surface area contributed by atoms with Gasteiger partial charge < -0.3 is 19.3 Å². The van der Waals surface area contributed by atoms with Gasteiger partial charge in [0.1, 0.15) is 0 Å². The van der Waals surface area contributed by atoms with Gasteiger partial charge in [-0.1, -0.05) is 30.3 Å². The Bertz CT molecular complexity index is 784. The molecule has 7 nitrogen and oxygen atoms in total. The van der Waals surface area contributed by atoms with Crippen molar-refractivity contribution >= 4 is 17.9 Å². The molecule has 2 bridgehead atoms. The van der Waals surface area contributed by atoms with Crippen LogP contribution in [0.15, 0.2) is 30.3 Å². The molecule has 2 aliphatic carbocycles. The number of hydrogen-bond donors (Lipinski definition) is 1. The first kappa shape index (κ1) is 13.7. The molecular formula is C16H10O7. The summed E-state index contributed by atoms with van der Waals surface area (Å²) in [6.45, 7) is 0. The SMILES string of the molecule is O=C1CC2(O)CC(=O)Oc3c4cccccc-4c(c3OC2=O)O1. The van der Waals surface area contributed by atoms with Crippen molar-refractivity contribution in [3.05, 3.63) is 30.3 Å². The van der Waals surface area contributed by atoms with Crippen LogP contribution in [0.3, 0.4) is 0 Å². The van der Waals surface area contributed by atoms with Gasteiger partial charge in [0.15, 0.2) is 17.1 Å². The summed E-state index contributed by atoms with van der Waals surface area (Å²) in [5.41, 5.74) is -1.37. The number of aliphatic hydroxyl groups is 1. The molecule has 2 aliphatic heterocycles. The molecule has 23 heavy (non-hydrogen) atoms. The maximum absolute atomic E-state index is 12.2. The third-order valence-corrected chi connectivity index (χ3v) is 3.82. The van der Waals surface area contributed by atoms with Crippen LogP contribution in [0, 0.1) is 0 Å². The molecule has 0 unspecified atom stereocenters. The second-order valence-corrected chi connectivity index (χ2v) is 5.45. The fraction of sp³-hybridized carbons (Fsp3) is 0.188. The maximum atomic E-state index is 12.2. The monoisotopic (exact) mass is 314 g/mol. The molecule has 0 radical (unpaired) electrons. The Labute approximate surface area is 129 Å². The number of esters is 3. The highest BCUT2D eigenvalue weighted by molar-refractivity contribution is 6.00. The van der Waals surface area contributed by atoms with E-state index in [1.54, 1.807) is 30.3 Å². The number of rotatable bonds is 0. The van der Waals surface area contributed by atoms with Crippen LogP contribution in [0.1, 0.15) is 12.8 Å². The van der Waals surface area contributed by atoms with Crippen molar-refractivity contribution in [3.63, 3.8) is 0 Å². The maximum Gasteiger partial charge on any atom is 0.345 e. The van der Waals surface area contributed by atoms with Crippen LogP contribution in [0.4, 0.5) is 0 Å². The zero-order chi connectivity index (χ0) is 16.2. The minimum Gasteiger partial charge on any atom is -0.422 e. The lowest BCUT2D eigenvalue weighted by molar-refractivity contribution is -0.170. The first-order chi connectivity index (χ1) is 11.0. The fourth-order valence-corrected chi connectivity index (χ4v) is 2.76. The van der Waals surface area contributed by atoms with Crippen molar-refractivity contribution in [3.8, 4) is 28.4 Å². The Morgan fingerprint density at radius 2 is 1.30 bits per heavy atom. The van der Waals surface area contributed by atoms with E-state index in [1.165, 1.54) is 0 Å². The van der Waals surface area contributed by atoms with Crippen molar-refractivity contribution in [2.75, 3.05) is 0 Å². The lowest BCUT2D eigenvalue weighted by Gasteiger charge is -2.28. The van der Waals surface area contributed by atoms with Crippen molar-refractivity contribution in [1.29, 1.82) is 0 Å². The number of ether oxygens (including phenoxy) is 3. The first-order valence-electron chi connectivity index (χ1n) is 6.89. The number of carbonyl (C=O) groups is 3. The van der Waals surface area contributed by atoms with Gasteiger partial charge in [-0.15, -0.1) is 0 Å². The van der Waals surface area contributed by atoms with Crippen LogP contribution in [-0.2, 0) is 14.4 Å². The van der Waals surface area contributed by atoms with Gasteiger partial charge in [-0.05, 0) is 0 Å². The van der Waals surface area contributed by atoms with Gasteiger partial charge in [-0.3, -0.25) is 9.59 Å². The Morgan fingerprint density at radius 1 is 0.783 bits per heavy atom. The Kier molecular flexibility index (Phi) is 2.70. The summed E-state index contributed by atoms with van der Waals surface area (Å²) >= 11 is 0. The van der Waals surface area contributed by atoms with E-state index < -0.39 is 36.4 Å². The normalized spacial score (nSPS) is 19.1. The Balaban J connectivity index is 2.06. The van der Waals surface area contributed by atoms with Crippen molar-refractivity contribution in [1.82, 2.24) is 0 Å². The highest BCUT2D eigenvalue weighted by atomic mass is 16.6. The zero-order valence-electron chi connectivity index (χ0n) is 11.7. The van der Waals surface area contributed by atoms with E-state index in [0.29, 0.717) is 11.1 Å². The van der Waals surface area contributed by atoms with Gasteiger partial charge in [-0.2, -0.15) is 0 Å². The van der Waals surface area contributed by atoms with E-state index in [4.69, 9.17) is 14.2 Å². The summed E-state index contributed by atoms with van der Waals surface area (Å²) in [6.07, 6.45) is -1.39. The molecule has 0 amide bonds. The van der Waals surface area contributed by atoms with Crippen LogP contribution >= 0.6 is 0 Å². The van der Waals surface area contributed by atoms with Crippen LogP contribution in [0.25, 0.3) is 11.1 Å². The van der Waals surface area contributed by atoms with Gasteiger partial charge in [0.2, 0.25) is 5.75 Å². The average molecular weight is 314 g/mol. The highest BCUT2D eigenvalue weighted by Gasteiger charge is 2.49. The van der Waals surface area contributed by atoms with E-state index >= 15 is 0 Å². The number of hydrogen-bond acceptors (Lipinski definition) is 7. The van der Waals surface area contributed by atoms with Crippen LogP contribution in [0.5, 0.6) is 17.2 Å². The molecule has 116 valence electrons. The third-order valence-electron chi connectivity index (χ3n) is 3.82. The van der Waals surface area contributed by atoms with E-state index in [2.05, 4.69) is 0 Å². The van der Waals surface area contributed by atoms with Crippen LogP contribution < -0.4 is 14.2 Å². The summed E-state index contributed by atoms with van der Waals surface area (Å²) in [5.74, 6) is -2.90. The molecule has 0 atom stereocenters. The Morgan fingerprint density at radius 3 is 1.83 bits per heavy atom. The molecule has 0 fully saturated rings. The molecule has 1 N–H and O–H groups in total. The quantitative estimate of drug-likeness (QED) is 0.725. The van der Waals surface area contributed by atoms with Crippen molar-refractivity contribution in [2.45, 2.75) is 18.4 Å². The average Bonchev–Trinajstić information content (AvgIpc) is 2.66. The summed E-state index contributed by atoms with van der Waals surface area (Å²) in [6, 6.07) is 8.47. The van der Waals surface area contributed by atoms with Gasteiger partial charge in [0.25, 0.3) is 0 Å². The molecule has 0 aromatic rings. The minimum atomic E-state index is -2.29. The molecule has 0 aromatic heterocycles. The molecule has 0 aromatic carbocycles. The highest BCUT2D eigenvalue weighted by Crippen LogP contribution is 2.55. The van der Waals surface area contributed by atoms with Gasteiger partial charge in [0.05, 0.1) is 12.8 Å². The lowest BCUT2D eigenvalue weighted by atomic mass is 9.95. The third kappa shape index (κ3) is 1.97. The molecule has 0 saturated carbocycles. The molecule has 0 saturated heterocycles. The van der Waals surface area contributed by atoms with Crippen molar-refractivity contribution < 1.29 is 33.7 Å². The van der Waals surface area contributed by atoms with Crippen molar-refractivity contribution in [2.24, 2.45) is 0 Å². The smallest absolute Gasteiger partial charge is 0.345 e. The molecule has 2 heterocycles.